The van der Waals surface area contributed by atoms with Gasteiger partial charge in [-0.15, -0.1) is 0 Å². The van der Waals surface area contributed by atoms with Crippen LogP contribution in [0.2, 0.25) is 0 Å². The summed E-state index contributed by atoms with van der Waals surface area (Å²) >= 11 is 0. The average molecular weight is 250 g/mol. The Kier molecular flexibility index (Phi) is 22.8. The van der Waals surface area contributed by atoms with E-state index < -0.39 is 0 Å². The van der Waals surface area contributed by atoms with Gasteiger partial charge < -0.3 is 0 Å². The third-order valence-corrected chi connectivity index (χ3v) is 2.78. The van der Waals surface area contributed by atoms with Gasteiger partial charge >= 0.3 is 0 Å². The first-order chi connectivity index (χ1) is 8.83. The van der Waals surface area contributed by atoms with E-state index in [-0.39, 0.29) is 0 Å². The summed E-state index contributed by atoms with van der Waals surface area (Å²) in [7, 11) is 0. The van der Waals surface area contributed by atoms with E-state index in [9.17, 15) is 0 Å². The number of unbranched alkanes of at least 4 members (excludes halogenated alkanes) is 10. The van der Waals surface area contributed by atoms with Crippen molar-refractivity contribution < 1.29 is 0 Å². The van der Waals surface area contributed by atoms with E-state index in [0.717, 1.165) is 25.7 Å². The number of hydrogen-bond acceptors (Lipinski definition) is 2. The summed E-state index contributed by atoms with van der Waals surface area (Å²) in [5, 5.41) is 16.3. The maximum Gasteiger partial charge on any atom is 0.0621 e. The van der Waals surface area contributed by atoms with Crippen LogP contribution in [0.1, 0.15) is 90.9 Å². The molecule has 18 heavy (non-hydrogen) atoms. The fourth-order valence-corrected chi connectivity index (χ4v) is 1.62. The fraction of sp³-hybridized carbons (Fsp3) is 0.875. The van der Waals surface area contributed by atoms with Crippen LogP contribution in [0.4, 0.5) is 0 Å². The molecule has 0 unspecified atom stereocenters. The largest absolute Gasteiger partial charge is 0.198 e. The summed E-state index contributed by atoms with van der Waals surface area (Å²) in [6.07, 6.45) is 14.0. The predicted molar refractivity (Wildman–Crippen MR) is 78.0 cm³/mol. The smallest absolute Gasteiger partial charge is 0.0621 e. The normalized spacial score (nSPS) is 8.89. The summed E-state index contributed by atoms with van der Waals surface area (Å²) in [4.78, 5) is 0. The van der Waals surface area contributed by atoms with Gasteiger partial charge in [0.05, 0.1) is 12.1 Å². The van der Waals surface area contributed by atoms with Gasteiger partial charge in [-0.05, 0) is 12.8 Å². The van der Waals surface area contributed by atoms with Gasteiger partial charge in [0.2, 0.25) is 0 Å². The van der Waals surface area contributed by atoms with E-state index >= 15 is 0 Å². The Morgan fingerprint density at radius 3 is 1.17 bits per heavy atom. The minimum absolute atomic E-state index is 0.740. The lowest BCUT2D eigenvalue weighted by Gasteiger charge is -1.92. The Hall–Kier alpha value is -1.02. The van der Waals surface area contributed by atoms with Crippen molar-refractivity contribution in [2.45, 2.75) is 90.9 Å². The lowest BCUT2D eigenvalue weighted by molar-refractivity contribution is 0.640. The first kappa shape index (κ1) is 19.3. The Balaban J connectivity index is 0. The van der Waals surface area contributed by atoms with Gasteiger partial charge in [-0.25, -0.2) is 0 Å². The highest BCUT2D eigenvalue weighted by Crippen LogP contribution is 2.04. The predicted octanol–water partition coefficient (Wildman–Crippen LogP) is 5.74. The molecule has 0 aliphatic heterocycles. The van der Waals surface area contributed by atoms with Crippen LogP contribution in [0.25, 0.3) is 0 Å². The second-order valence-corrected chi connectivity index (χ2v) is 4.64. The maximum atomic E-state index is 8.17. The second kappa shape index (κ2) is 21.3. The molecule has 0 radical (unpaired) electrons. The minimum Gasteiger partial charge on any atom is -0.198 e. The summed E-state index contributed by atoms with van der Waals surface area (Å²) in [6, 6.07) is 4.29. The molecule has 2 nitrogen and oxygen atoms in total. The molecular formula is C16H30N2. The first-order valence-corrected chi connectivity index (χ1v) is 7.57. The molecule has 2 heteroatoms. The van der Waals surface area contributed by atoms with Crippen LogP contribution in [0.5, 0.6) is 0 Å². The van der Waals surface area contributed by atoms with Crippen LogP contribution >= 0.6 is 0 Å². The second-order valence-electron chi connectivity index (χ2n) is 4.64. The maximum absolute atomic E-state index is 8.17. The van der Waals surface area contributed by atoms with Gasteiger partial charge in [-0.2, -0.15) is 10.5 Å². The third kappa shape index (κ3) is 24.3. The fourth-order valence-electron chi connectivity index (χ4n) is 1.62. The molecule has 0 aromatic carbocycles. The standard InChI is InChI=1S/2C8H15N/c2*1-2-3-4-5-6-7-8-9/h2*2-7H2,1H3. The topological polar surface area (TPSA) is 47.6 Å². The molecule has 0 amide bonds. The molecule has 104 valence electrons. The number of rotatable bonds is 10. The SMILES string of the molecule is CCCCCCCC#N.CCCCCCCC#N. The van der Waals surface area contributed by atoms with Crippen LogP contribution in [0.15, 0.2) is 0 Å². The quantitative estimate of drug-likeness (QED) is 0.464. The molecule has 0 N–H and O–H groups in total. The molecule has 0 aromatic rings. The molecule has 0 atom stereocenters. The molecule has 0 fully saturated rings. The van der Waals surface area contributed by atoms with E-state index in [1.54, 1.807) is 0 Å². The third-order valence-electron chi connectivity index (χ3n) is 2.78. The molecule has 0 saturated heterocycles. The zero-order valence-electron chi connectivity index (χ0n) is 12.4. The van der Waals surface area contributed by atoms with Crippen molar-refractivity contribution in [3.05, 3.63) is 0 Å². The number of nitrogens with zero attached hydrogens (tertiary/aromatic N) is 2. The lowest BCUT2D eigenvalue weighted by atomic mass is 10.1. The van der Waals surface area contributed by atoms with Crippen molar-refractivity contribution >= 4 is 0 Å². The van der Waals surface area contributed by atoms with Gasteiger partial charge in [-0.3, -0.25) is 0 Å². The monoisotopic (exact) mass is 250 g/mol. The highest BCUT2D eigenvalue weighted by molar-refractivity contribution is 4.68. The van der Waals surface area contributed by atoms with E-state index in [2.05, 4.69) is 26.0 Å². The molecular weight excluding hydrogens is 220 g/mol. The van der Waals surface area contributed by atoms with Crippen LogP contribution in [0, 0.1) is 22.7 Å². The van der Waals surface area contributed by atoms with E-state index in [1.807, 2.05) is 0 Å². The van der Waals surface area contributed by atoms with Gasteiger partial charge in [0.1, 0.15) is 0 Å². The lowest BCUT2D eigenvalue weighted by Crippen LogP contribution is -1.75. The first-order valence-electron chi connectivity index (χ1n) is 7.57. The van der Waals surface area contributed by atoms with Crippen molar-refractivity contribution in [1.29, 1.82) is 10.5 Å². The van der Waals surface area contributed by atoms with Gasteiger partial charge in [0.25, 0.3) is 0 Å². The highest BCUT2D eigenvalue weighted by atomic mass is 14.2. The molecule has 0 bridgehead atoms. The molecule has 0 aliphatic carbocycles. The van der Waals surface area contributed by atoms with Crippen molar-refractivity contribution in [3.8, 4) is 12.1 Å². The Morgan fingerprint density at radius 1 is 0.556 bits per heavy atom. The van der Waals surface area contributed by atoms with Crippen LogP contribution in [0.3, 0.4) is 0 Å². The van der Waals surface area contributed by atoms with E-state index in [4.69, 9.17) is 10.5 Å². The summed E-state index contributed by atoms with van der Waals surface area (Å²) in [5.41, 5.74) is 0. The molecule has 0 saturated carbocycles. The molecule has 0 aliphatic rings. The molecule has 0 heterocycles. The summed E-state index contributed by atoms with van der Waals surface area (Å²) in [6.45, 7) is 4.40. The minimum atomic E-state index is 0.740. The van der Waals surface area contributed by atoms with E-state index in [1.165, 1.54) is 51.4 Å². The Morgan fingerprint density at radius 2 is 0.889 bits per heavy atom. The van der Waals surface area contributed by atoms with Crippen molar-refractivity contribution in [2.75, 3.05) is 0 Å². The van der Waals surface area contributed by atoms with Gasteiger partial charge in [0, 0.05) is 12.8 Å². The van der Waals surface area contributed by atoms with Crippen molar-refractivity contribution in [2.24, 2.45) is 0 Å². The van der Waals surface area contributed by atoms with Crippen molar-refractivity contribution in [1.82, 2.24) is 0 Å². The molecule has 0 spiro atoms. The van der Waals surface area contributed by atoms with Crippen LogP contribution < -0.4 is 0 Å². The average Bonchev–Trinajstić information content (AvgIpc) is 2.39. The Bertz CT molecular complexity index is 186. The number of nitriles is 2. The Labute approximate surface area is 114 Å². The molecule has 0 aromatic heterocycles. The zero-order chi connectivity index (χ0) is 13.9. The zero-order valence-corrected chi connectivity index (χ0v) is 12.4. The van der Waals surface area contributed by atoms with Gasteiger partial charge in [0.15, 0.2) is 0 Å². The highest BCUT2D eigenvalue weighted by Gasteiger charge is 1.86. The van der Waals surface area contributed by atoms with Crippen LogP contribution in [-0.2, 0) is 0 Å². The molecule has 0 rings (SSSR count). The summed E-state index contributed by atoms with van der Waals surface area (Å²) in [5.74, 6) is 0. The van der Waals surface area contributed by atoms with E-state index in [0.29, 0.717) is 0 Å². The van der Waals surface area contributed by atoms with Crippen molar-refractivity contribution in [3.63, 3.8) is 0 Å². The van der Waals surface area contributed by atoms with Gasteiger partial charge in [-0.1, -0.05) is 65.2 Å². The summed E-state index contributed by atoms with van der Waals surface area (Å²) < 4.78 is 0. The number of hydrogen-bond donors (Lipinski definition) is 0. The van der Waals surface area contributed by atoms with Crippen LogP contribution in [-0.4, -0.2) is 0 Å².